The van der Waals surface area contributed by atoms with Crippen molar-refractivity contribution in [3.05, 3.63) is 27.2 Å². The first-order valence-electron chi connectivity index (χ1n) is 5.44. The van der Waals surface area contributed by atoms with E-state index in [2.05, 4.69) is 9.97 Å². The van der Waals surface area contributed by atoms with Crippen molar-refractivity contribution in [1.82, 2.24) is 19.1 Å². The molecule has 2 aromatic heterocycles. The number of halogens is 1. The van der Waals surface area contributed by atoms with Crippen molar-refractivity contribution in [1.29, 1.82) is 0 Å². The zero-order chi connectivity index (χ0) is 12.6. The minimum atomic E-state index is -0.401. The van der Waals surface area contributed by atoms with Crippen molar-refractivity contribution in [2.24, 2.45) is 7.05 Å². The predicted molar refractivity (Wildman–Crippen MR) is 63.3 cm³/mol. The molecule has 8 heteroatoms. The van der Waals surface area contributed by atoms with Crippen LogP contribution in [0.15, 0.2) is 15.9 Å². The highest BCUT2D eigenvalue weighted by Crippen LogP contribution is 2.02. The van der Waals surface area contributed by atoms with Crippen LogP contribution in [-0.4, -0.2) is 39.7 Å². The van der Waals surface area contributed by atoms with E-state index in [1.54, 1.807) is 17.9 Å². The average molecular weight is 274 g/mol. The Hall–Kier alpha value is -1.60. The summed E-state index contributed by atoms with van der Waals surface area (Å²) in [6.07, 6.45) is 1.54. The van der Waals surface area contributed by atoms with Gasteiger partial charge in [-0.3, -0.25) is 14.3 Å². The summed E-state index contributed by atoms with van der Waals surface area (Å²) < 4.78 is 3.12. The number of likely N-dealkylation sites (N-methyl/N-ethyl adjacent to an activating group) is 1. The van der Waals surface area contributed by atoms with Gasteiger partial charge in [-0.15, -0.1) is 0 Å². The zero-order valence-corrected chi connectivity index (χ0v) is 11.3. The summed E-state index contributed by atoms with van der Waals surface area (Å²) in [5.41, 5.74) is 0.0850. The number of hydrogen-bond donors (Lipinski definition) is 2. The monoisotopic (exact) mass is 273 g/mol. The van der Waals surface area contributed by atoms with E-state index in [0.717, 1.165) is 6.54 Å². The second-order valence-corrected chi connectivity index (χ2v) is 4.40. The molecule has 7 nitrogen and oxygen atoms in total. The second kappa shape index (κ2) is 5.36. The first kappa shape index (κ1) is 14.5. The number of nitrogens with zero attached hydrogens (tertiary/aromatic N) is 3. The van der Waals surface area contributed by atoms with Crippen molar-refractivity contribution in [2.45, 2.75) is 6.54 Å². The van der Waals surface area contributed by atoms with E-state index in [4.69, 9.17) is 0 Å². The molecule has 2 N–H and O–H groups in total. The van der Waals surface area contributed by atoms with Gasteiger partial charge in [-0.05, 0) is 0 Å². The number of H-pyrrole nitrogens is 1. The van der Waals surface area contributed by atoms with Crippen LogP contribution in [0.5, 0.6) is 0 Å². The Morgan fingerprint density at radius 2 is 2.06 bits per heavy atom. The number of imidazole rings is 1. The normalized spacial score (nSPS) is 10.9. The number of fused-ring (bicyclic) bond motifs is 1. The highest BCUT2D eigenvalue weighted by molar-refractivity contribution is 5.69. The molecule has 0 spiro atoms. The number of aromatic amines is 1. The molecule has 0 aliphatic heterocycles. The third-order valence-electron chi connectivity index (χ3n) is 2.69. The van der Waals surface area contributed by atoms with Gasteiger partial charge in [-0.2, -0.15) is 0 Å². The molecule has 0 fully saturated rings. The summed E-state index contributed by atoms with van der Waals surface area (Å²) in [4.78, 5) is 31.0. The van der Waals surface area contributed by atoms with E-state index in [0.29, 0.717) is 17.7 Å². The lowest BCUT2D eigenvalue weighted by molar-refractivity contribution is -0.858. The van der Waals surface area contributed by atoms with Crippen molar-refractivity contribution in [3.63, 3.8) is 0 Å². The van der Waals surface area contributed by atoms with Crippen LogP contribution in [-0.2, 0) is 13.6 Å². The molecule has 0 saturated carbocycles. The lowest BCUT2D eigenvalue weighted by Crippen LogP contribution is -3.06. The zero-order valence-electron chi connectivity index (χ0n) is 10.5. The lowest BCUT2D eigenvalue weighted by Gasteiger charge is -2.09. The molecule has 0 bridgehead atoms. The molecule has 0 unspecified atom stereocenters. The van der Waals surface area contributed by atoms with Gasteiger partial charge in [0.1, 0.15) is 0 Å². The second-order valence-electron chi connectivity index (χ2n) is 4.40. The Kier molecular flexibility index (Phi) is 4.31. The number of aryl methyl sites for hydroxylation is 1. The van der Waals surface area contributed by atoms with E-state index >= 15 is 0 Å². The van der Waals surface area contributed by atoms with E-state index in [1.807, 2.05) is 14.1 Å². The molecule has 0 aromatic carbocycles. The fourth-order valence-electron chi connectivity index (χ4n) is 1.74. The summed E-state index contributed by atoms with van der Waals surface area (Å²) in [5.74, 6) is 0. The number of nitrogens with one attached hydrogen (secondary N) is 2. The molecule has 18 heavy (non-hydrogen) atoms. The molecule has 0 amide bonds. The van der Waals surface area contributed by atoms with Crippen molar-refractivity contribution in [2.75, 3.05) is 20.6 Å². The standard InChI is InChI=1S/C10H15N5O2.ClH/c1-13(2)4-5-15-8-7(14(3)6-11-8)9(16)12-10(15)17;/h6H,4-5H2,1-3H3,(H,12,16,17);1H. The Morgan fingerprint density at radius 1 is 1.39 bits per heavy atom. The Bertz CT molecular complexity index is 654. The van der Waals surface area contributed by atoms with Gasteiger partial charge in [0.05, 0.1) is 33.5 Å². The van der Waals surface area contributed by atoms with Gasteiger partial charge in [-0.1, -0.05) is 0 Å². The Morgan fingerprint density at radius 3 is 2.67 bits per heavy atom. The van der Waals surface area contributed by atoms with Gasteiger partial charge < -0.3 is 21.9 Å². The third kappa shape index (κ3) is 2.46. The largest absolute Gasteiger partial charge is 1.00 e. The maximum absolute atomic E-state index is 11.7. The van der Waals surface area contributed by atoms with Gasteiger partial charge in [0.2, 0.25) is 0 Å². The summed E-state index contributed by atoms with van der Waals surface area (Å²) in [7, 11) is 5.75. The van der Waals surface area contributed by atoms with Gasteiger partial charge >= 0.3 is 5.69 Å². The molecule has 0 radical (unpaired) electrons. The minimum Gasteiger partial charge on any atom is -1.00 e. The van der Waals surface area contributed by atoms with Crippen LogP contribution in [0.2, 0.25) is 0 Å². The highest BCUT2D eigenvalue weighted by Gasteiger charge is 2.12. The number of aromatic nitrogens is 4. The minimum absolute atomic E-state index is 0. The van der Waals surface area contributed by atoms with Crippen LogP contribution in [0.3, 0.4) is 0 Å². The lowest BCUT2D eigenvalue weighted by atomic mass is 10.5. The molecule has 0 aliphatic rings. The van der Waals surface area contributed by atoms with E-state index in [1.165, 1.54) is 9.47 Å². The van der Waals surface area contributed by atoms with Crippen LogP contribution in [0.25, 0.3) is 11.2 Å². The maximum Gasteiger partial charge on any atom is 0.330 e. The van der Waals surface area contributed by atoms with Crippen LogP contribution in [0.1, 0.15) is 0 Å². The molecule has 0 aliphatic carbocycles. The molecule has 2 aromatic rings. The van der Waals surface area contributed by atoms with Crippen LogP contribution < -0.4 is 28.6 Å². The molecular weight excluding hydrogens is 258 g/mol. The highest BCUT2D eigenvalue weighted by atomic mass is 35.5. The quantitative estimate of drug-likeness (QED) is 0.586. The van der Waals surface area contributed by atoms with Crippen LogP contribution >= 0.6 is 0 Å². The van der Waals surface area contributed by atoms with E-state index < -0.39 is 11.2 Å². The predicted octanol–water partition coefficient (Wildman–Crippen LogP) is -5.43. The molecule has 2 rings (SSSR count). The number of hydrogen-bond acceptors (Lipinski definition) is 3. The van der Waals surface area contributed by atoms with Crippen molar-refractivity contribution in [3.8, 4) is 0 Å². The van der Waals surface area contributed by atoms with Crippen molar-refractivity contribution >= 4 is 11.2 Å². The first-order chi connectivity index (χ1) is 8.00. The first-order valence-corrected chi connectivity index (χ1v) is 5.44. The fraction of sp³-hybridized carbons (Fsp3) is 0.500. The van der Waals surface area contributed by atoms with Crippen molar-refractivity contribution < 1.29 is 17.3 Å². The van der Waals surface area contributed by atoms with Crippen LogP contribution in [0.4, 0.5) is 0 Å². The topological polar surface area (TPSA) is 77.1 Å². The molecule has 0 saturated heterocycles. The Balaban J connectivity index is 0.00000162. The molecule has 2 heterocycles. The summed E-state index contributed by atoms with van der Waals surface area (Å²) in [6, 6.07) is 0. The Labute approximate surface area is 109 Å². The third-order valence-corrected chi connectivity index (χ3v) is 2.69. The summed E-state index contributed by atoms with van der Waals surface area (Å²) in [6.45, 7) is 1.32. The molecule has 0 atom stereocenters. The smallest absolute Gasteiger partial charge is 0.330 e. The number of quaternary nitrogens is 1. The molecular formula is C10H16ClN5O2. The summed E-state index contributed by atoms with van der Waals surface area (Å²) in [5, 5.41) is 0. The summed E-state index contributed by atoms with van der Waals surface area (Å²) >= 11 is 0. The van der Waals surface area contributed by atoms with Gasteiger partial charge in [0, 0.05) is 7.05 Å². The van der Waals surface area contributed by atoms with E-state index in [-0.39, 0.29) is 12.4 Å². The number of rotatable bonds is 3. The average Bonchev–Trinajstić information content (AvgIpc) is 2.60. The van der Waals surface area contributed by atoms with Gasteiger partial charge in [0.25, 0.3) is 5.56 Å². The SMILES string of the molecule is Cn1cnc2c1c(=O)[nH]c(=O)n2CC[NH+](C)C.[Cl-]. The maximum atomic E-state index is 11.7. The fourth-order valence-corrected chi connectivity index (χ4v) is 1.74. The molecule has 100 valence electrons. The van der Waals surface area contributed by atoms with Crippen LogP contribution in [0, 0.1) is 0 Å². The van der Waals surface area contributed by atoms with Gasteiger partial charge in [0.15, 0.2) is 11.2 Å². The van der Waals surface area contributed by atoms with Gasteiger partial charge in [-0.25, -0.2) is 9.78 Å². The van der Waals surface area contributed by atoms with E-state index in [9.17, 15) is 9.59 Å².